The second kappa shape index (κ2) is 8.45. The van der Waals surface area contributed by atoms with E-state index < -0.39 is 0 Å². The fraction of sp³-hybridized carbons (Fsp3) is 0.296. The Labute approximate surface area is 180 Å². The highest BCUT2D eigenvalue weighted by Gasteiger charge is 2.32. The Kier molecular flexibility index (Phi) is 5.74. The largest absolute Gasteiger partial charge is 0.356 e. The van der Waals surface area contributed by atoms with Crippen molar-refractivity contribution >= 4 is 22.8 Å². The fourth-order valence-electron chi connectivity index (χ4n) is 4.53. The van der Waals surface area contributed by atoms with Gasteiger partial charge in [-0.1, -0.05) is 62.1 Å². The highest BCUT2D eigenvalue weighted by atomic mass is 15.0. The Morgan fingerprint density at radius 2 is 1.87 bits per heavy atom. The first-order valence-electron chi connectivity index (χ1n) is 10.7. The van der Waals surface area contributed by atoms with Gasteiger partial charge in [0.05, 0.1) is 5.70 Å². The van der Waals surface area contributed by atoms with Crippen LogP contribution in [0.2, 0.25) is 0 Å². The molecule has 0 saturated heterocycles. The molecule has 0 saturated carbocycles. The summed E-state index contributed by atoms with van der Waals surface area (Å²) in [5.41, 5.74) is 7.75. The maximum absolute atomic E-state index is 4.95. The van der Waals surface area contributed by atoms with E-state index in [2.05, 4.69) is 111 Å². The Morgan fingerprint density at radius 3 is 2.60 bits per heavy atom. The predicted molar refractivity (Wildman–Crippen MR) is 129 cm³/mol. The summed E-state index contributed by atoms with van der Waals surface area (Å²) in [4.78, 5) is 7.11. The summed E-state index contributed by atoms with van der Waals surface area (Å²) in [6.07, 6.45) is 6.97. The van der Waals surface area contributed by atoms with E-state index in [1.165, 1.54) is 11.3 Å². The summed E-state index contributed by atoms with van der Waals surface area (Å²) in [7, 11) is 4.16. The molecule has 0 spiro atoms. The lowest BCUT2D eigenvalue weighted by molar-refractivity contribution is 0.402. The number of rotatable bonds is 6. The van der Waals surface area contributed by atoms with Crippen molar-refractivity contribution in [1.29, 1.82) is 0 Å². The molecule has 2 aromatic rings. The first-order chi connectivity index (χ1) is 14.4. The van der Waals surface area contributed by atoms with Gasteiger partial charge >= 0.3 is 0 Å². The number of fused-ring (bicyclic) bond motifs is 1. The van der Waals surface area contributed by atoms with E-state index in [1.54, 1.807) is 0 Å². The average molecular weight is 398 g/mol. The van der Waals surface area contributed by atoms with Crippen molar-refractivity contribution in [2.45, 2.75) is 20.4 Å². The van der Waals surface area contributed by atoms with E-state index >= 15 is 0 Å². The number of nitrogens with zero attached hydrogens (tertiary/aromatic N) is 2. The Morgan fingerprint density at radius 1 is 1.10 bits per heavy atom. The van der Waals surface area contributed by atoms with E-state index in [-0.39, 0.29) is 0 Å². The summed E-state index contributed by atoms with van der Waals surface area (Å²) in [5, 5.41) is 3.45. The van der Waals surface area contributed by atoms with Gasteiger partial charge in [0.1, 0.15) is 0 Å². The van der Waals surface area contributed by atoms with Crippen LogP contribution in [0.1, 0.15) is 30.5 Å². The van der Waals surface area contributed by atoms with Crippen LogP contribution in [-0.2, 0) is 6.54 Å². The predicted octanol–water partition coefficient (Wildman–Crippen LogP) is 6.08. The molecule has 0 fully saturated rings. The monoisotopic (exact) mass is 397 g/mol. The Hall–Kier alpha value is -2.91. The molecule has 1 N–H and O–H groups in total. The number of allylic oxidation sites excluding steroid dienone is 3. The number of hydrogen-bond donors (Lipinski definition) is 1. The zero-order valence-electron chi connectivity index (χ0n) is 18.4. The summed E-state index contributed by atoms with van der Waals surface area (Å²) < 4.78 is 0. The van der Waals surface area contributed by atoms with Crippen LogP contribution in [-0.4, -0.2) is 24.7 Å². The minimum Gasteiger partial charge on any atom is -0.356 e. The van der Waals surface area contributed by atoms with E-state index in [0.717, 1.165) is 34.8 Å². The zero-order valence-corrected chi connectivity index (χ0v) is 18.4. The molecule has 1 aliphatic carbocycles. The first-order valence-corrected chi connectivity index (χ1v) is 10.7. The summed E-state index contributed by atoms with van der Waals surface area (Å²) in [6, 6.07) is 17.0. The molecule has 2 aromatic carbocycles. The zero-order chi connectivity index (χ0) is 21.3. The van der Waals surface area contributed by atoms with Gasteiger partial charge in [0, 0.05) is 41.0 Å². The highest BCUT2D eigenvalue weighted by molar-refractivity contribution is 5.93. The molecule has 0 radical (unpaired) electrons. The van der Waals surface area contributed by atoms with Crippen LogP contribution in [0.5, 0.6) is 0 Å². The minimum atomic E-state index is 0.457. The topological polar surface area (TPSA) is 27.6 Å². The fourth-order valence-corrected chi connectivity index (χ4v) is 4.53. The third kappa shape index (κ3) is 4.31. The number of hydrogen-bond acceptors (Lipinski definition) is 3. The molecule has 0 amide bonds. The van der Waals surface area contributed by atoms with Gasteiger partial charge in [-0.25, -0.2) is 0 Å². The maximum atomic E-state index is 4.95. The lowest BCUT2D eigenvalue weighted by Gasteiger charge is -2.26. The summed E-state index contributed by atoms with van der Waals surface area (Å²) in [6.45, 7) is 9.65. The van der Waals surface area contributed by atoms with Gasteiger partial charge in [-0.05, 0) is 56.3 Å². The van der Waals surface area contributed by atoms with E-state index in [0.29, 0.717) is 17.8 Å². The number of nitrogens with one attached hydrogen (secondary N) is 1. The molecule has 0 bridgehead atoms. The summed E-state index contributed by atoms with van der Waals surface area (Å²) in [5.74, 6) is 1.54. The first kappa shape index (κ1) is 20.4. The maximum Gasteiger partial charge on any atom is 0.0667 e. The van der Waals surface area contributed by atoms with E-state index in [1.807, 2.05) is 0 Å². The molecular weight excluding hydrogens is 366 g/mol. The molecule has 3 atom stereocenters. The molecule has 3 unspecified atom stereocenters. The third-order valence-electron chi connectivity index (χ3n) is 6.00. The quantitative estimate of drug-likeness (QED) is 0.598. The summed E-state index contributed by atoms with van der Waals surface area (Å²) >= 11 is 0. The molecule has 1 heterocycles. The van der Waals surface area contributed by atoms with Crippen molar-refractivity contribution in [3.05, 3.63) is 90.0 Å². The molecule has 0 aromatic heterocycles. The van der Waals surface area contributed by atoms with Gasteiger partial charge in [-0.3, -0.25) is 4.99 Å². The third-order valence-corrected chi connectivity index (χ3v) is 6.00. The van der Waals surface area contributed by atoms with E-state index in [4.69, 9.17) is 4.99 Å². The van der Waals surface area contributed by atoms with Gasteiger partial charge in [0.2, 0.25) is 0 Å². The normalized spacial score (nSPS) is 22.5. The van der Waals surface area contributed by atoms with E-state index in [9.17, 15) is 0 Å². The highest BCUT2D eigenvalue weighted by Crippen LogP contribution is 2.39. The van der Waals surface area contributed by atoms with Crippen LogP contribution in [0.4, 0.5) is 5.69 Å². The van der Waals surface area contributed by atoms with Crippen LogP contribution < -0.4 is 5.32 Å². The second-order valence-corrected chi connectivity index (χ2v) is 8.77. The minimum absolute atomic E-state index is 0.457. The van der Waals surface area contributed by atoms with Gasteiger partial charge in [0.15, 0.2) is 0 Å². The number of benzene rings is 2. The standard InChI is InChI=1S/C27H31N3/c1-18-9-12-24-16-26(29-20(3)27(18)24)23-8-6-7-22(15-23)19(2)28-25-13-10-21(11-14-25)17-30(4)5/h6-16,18,24,27-28H,2,17H2,1,3-5H3. The lowest BCUT2D eigenvalue weighted by atomic mass is 9.82. The molecule has 3 nitrogen and oxygen atoms in total. The van der Waals surface area contributed by atoms with Crippen molar-refractivity contribution in [1.82, 2.24) is 4.90 Å². The molecule has 2 aliphatic rings. The van der Waals surface area contributed by atoms with Crippen molar-refractivity contribution in [2.24, 2.45) is 22.7 Å². The Balaban J connectivity index is 1.50. The molecule has 4 rings (SSSR count). The number of aliphatic imine (C=N–C) groups is 1. The number of anilines is 1. The van der Waals surface area contributed by atoms with Gasteiger partial charge < -0.3 is 10.2 Å². The lowest BCUT2D eigenvalue weighted by Crippen LogP contribution is -2.24. The van der Waals surface area contributed by atoms with Gasteiger partial charge in [0.25, 0.3) is 0 Å². The van der Waals surface area contributed by atoms with Crippen LogP contribution in [0.3, 0.4) is 0 Å². The smallest absolute Gasteiger partial charge is 0.0667 e. The van der Waals surface area contributed by atoms with Crippen LogP contribution in [0, 0.1) is 17.8 Å². The molecule has 154 valence electrons. The molecule has 1 aliphatic heterocycles. The average Bonchev–Trinajstić information content (AvgIpc) is 3.10. The van der Waals surface area contributed by atoms with Crippen LogP contribution in [0.25, 0.3) is 11.4 Å². The van der Waals surface area contributed by atoms with Gasteiger partial charge in [-0.15, -0.1) is 0 Å². The Bertz CT molecular complexity index is 1020. The SMILES string of the molecule is C=C(Nc1ccc(CN(C)C)cc1)c1cccc(C2=CC3C=CC(C)C3C(C)=N2)c1. The van der Waals surface area contributed by atoms with Crippen molar-refractivity contribution in [2.75, 3.05) is 19.4 Å². The van der Waals surface area contributed by atoms with Crippen LogP contribution >= 0.6 is 0 Å². The molecular formula is C27H31N3. The van der Waals surface area contributed by atoms with Crippen molar-refractivity contribution in [3.63, 3.8) is 0 Å². The second-order valence-electron chi connectivity index (χ2n) is 8.77. The van der Waals surface area contributed by atoms with Crippen LogP contribution in [0.15, 0.2) is 78.3 Å². The molecule has 3 heteroatoms. The van der Waals surface area contributed by atoms with Crippen molar-refractivity contribution < 1.29 is 0 Å². The van der Waals surface area contributed by atoms with Crippen molar-refractivity contribution in [3.8, 4) is 0 Å². The van der Waals surface area contributed by atoms with Gasteiger partial charge in [-0.2, -0.15) is 0 Å². The molecule has 30 heavy (non-hydrogen) atoms.